The number of hydrogen-bond acceptors (Lipinski definition) is 3. The number of nitrogens with zero attached hydrogens (tertiary/aromatic N) is 2. The summed E-state index contributed by atoms with van der Waals surface area (Å²) < 4.78 is 29.0. The van der Waals surface area contributed by atoms with Crippen LogP contribution in [-0.4, -0.2) is 30.8 Å². The number of aromatic nitrogens is 1. The van der Waals surface area contributed by atoms with Crippen molar-refractivity contribution in [2.75, 3.05) is 17.8 Å². The maximum absolute atomic E-state index is 12.4. The average molecular weight is 318 g/mol. The molecule has 1 aliphatic rings. The first-order valence-electron chi connectivity index (χ1n) is 6.69. The topological polar surface area (TPSA) is 62.3 Å². The van der Waals surface area contributed by atoms with Gasteiger partial charge in [0, 0.05) is 13.1 Å². The molecule has 0 amide bonds. The van der Waals surface area contributed by atoms with E-state index in [0.717, 1.165) is 6.42 Å². The largest absolute Gasteiger partial charge is 0.301 e. The van der Waals surface area contributed by atoms with Gasteiger partial charge in [0.1, 0.15) is 5.15 Å². The SMILES string of the molecule is Cc1nc(Cl)ccc1NS(=O)(=O)N1CC(C)CC(C)C1. The van der Waals surface area contributed by atoms with Crippen LogP contribution in [0.3, 0.4) is 0 Å². The first-order chi connectivity index (χ1) is 9.28. The van der Waals surface area contributed by atoms with E-state index in [1.165, 1.54) is 4.31 Å². The molecule has 2 unspecified atom stereocenters. The van der Waals surface area contributed by atoms with Crippen LogP contribution in [0.4, 0.5) is 5.69 Å². The van der Waals surface area contributed by atoms with Crippen LogP contribution in [0.1, 0.15) is 26.0 Å². The summed E-state index contributed by atoms with van der Waals surface area (Å²) in [5.74, 6) is 0.750. The van der Waals surface area contributed by atoms with Crippen LogP contribution >= 0.6 is 11.6 Å². The average Bonchev–Trinajstić information content (AvgIpc) is 2.31. The Morgan fingerprint density at radius 3 is 2.45 bits per heavy atom. The van der Waals surface area contributed by atoms with Crippen molar-refractivity contribution in [1.82, 2.24) is 9.29 Å². The van der Waals surface area contributed by atoms with Gasteiger partial charge in [-0.2, -0.15) is 12.7 Å². The normalized spacial score (nSPS) is 24.6. The van der Waals surface area contributed by atoms with Crippen LogP contribution in [0.5, 0.6) is 0 Å². The van der Waals surface area contributed by atoms with Crippen molar-refractivity contribution in [2.45, 2.75) is 27.2 Å². The minimum atomic E-state index is -3.54. The summed E-state index contributed by atoms with van der Waals surface area (Å²) in [4.78, 5) is 4.05. The zero-order valence-electron chi connectivity index (χ0n) is 11.9. The second-order valence-corrected chi connectivity index (χ2v) is 7.69. The molecule has 112 valence electrons. The zero-order chi connectivity index (χ0) is 14.9. The van der Waals surface area contributed by atoms with Crippen molar-refractivity contribution in [2.24, 2.45) is 11.8 Å². The molecular weight excluding hydrogens is 298 g/mol. The van der Waals surface area contributed by atoms with Crippen LogP contribution in [0, 0.1) is 18.8 Å². The number of anilines is 1. The third kappa shape index (κ3) is 3.62. The number of nitrogens with one attached hydrogen (secondary N) is 1. The van der Waals surface area contributed by atoms with Gasteiger partial charge in [0.25, 0.3) is 0 Å². The zero-order valence-corrected chi connectivity index (χ0v) is 13.5. The molecule has 7 heteroatoms. The van der Waals surface area contributed by atoms with E-state index in [9.17, 15) is 8.42 Å². The summed E-state index contributed by atoms with van der Waals surface area (Å²) in [6.45, 7) is 6.99. The molecule has 0 aromatic carbocycles. The highest BCUT2D eigenvalue weighted by Crippen LogP contribution is 2.25. The maximum atomic E-state index is 12.4. The summed E-state index contributed by atoms with van der Waals surface area (Å²) in [5, 5.41) is 0.352. The third-order valence-corrected chi connectivity index (χ3v) is 5.13. The summed E-state index contributed by atoms with van der Waals surface area (Å²) in [6.07, 6.45) is 1.06. The summed E-state index contributed by atoms with van der Waals surface area (Å²) in [7, 11) is -3.54. The highest BCUT2D eigenvalue weighted by Gasteiger charge is 2.30. The second kappa shape index (κ2) is 5.87. The fourth-order valence-corrected chi connectivity index (χ4v) is 4.36. The molecule has 0 saturated carbocycles. The molecule has 1 saturated heterocycles. The van der Waals surface area contributed by atoms with E-state index in [1.54, 1.807) is 19.1 Å². The molecule has 0 spiro atoms. The fraction of sp³-hybridized carbons (Fsp3) is 0.615. The number of rotatable bonds is 3. The monoisotopic (exact) mass is 317 g/mol. The number of aryl methyl sites for hydroxylation is 1. The first kappa shape index (κ1) is 15.5. The summed E-state index contributed by atoms with van der Waals surface area (Å²) in [6, 6.07) is 3.22. The smallest absolute Gasteiger partial charge is 0.269 e. The van der Waals surface area contributed by atoms with Crippen LogP contribution in [0.15, 0.2) is 12.1 Å². The van der Waals surface area contributed by atoms with Crippen molar-refractivity contribution in [1.29, 1.82) is 0 Å². The molecule has 1 aromatic rings. The van der Waals surface area contributed by atoms with Crippen molar-refractivity contribution < 1.29 is 8.42 Å². The number of halogens is 1. The van der Waals surface area contributed by atoms with Gasteiger partial charge in [-0.3, -0.25) is 4.72 Å². The van der Waals surface area contributed by atoms with E-state index >= 15 is 0 Å². The number of piperidine rings is 1. The molecule has 0 bridgehead atoms. The van der Waals surface area contributed by atoms with Crippen molar-refractivity contribution in [3.8, 4) is 0 Å². The van der Waals surface area contributed by atoms with E-state index in [1.807, 2.05) is 0 Å². The molecule has 20 heavy (non-hydrogen) atoms. The Hall–Kier alpha value is -0.850. The van der Waals surface area contributed by atoms with Crippen molar-refractivity contribution in [3.05, 3.63) is 23.0 Å². The van der Waals surface area contributed by atoms with E-state index < -0.39 is 10.2 Å². The Bertz CT molecular complexity index is 581. The molecule has 0 aliphatic carbocycles. The predicted octanol–water partition coefficient (Wildman–Crippen LogP) is 2.68. The Labute approximate surface area is 125 Å². The molecule has 0 radical (unpaired) electrons. The molecule has 1 fully saturated rings. The van der Waals surface area contributed by atoms with E-state index in [2.05, 4.69) is 23.6 Å². The van der Waals surface area contributed by atoms with Gasteiger partial charge >= 0.3 is 10.2 Å². The molecule has 2 rings (SSSR count). The van der Waals surface area contributed by atoms with Gasteiger partial charge in [-0.15, -0.1) is 0 Å². The Kier molecular flexibility index (Phi) is 4.56. The number of pyridine rings is 1. The molecule has 1 N–H and O–H groups in total. The minimum Gasteiger partial charge on any atom is -0.269 e. The fourth-order valence-electron chi connectivity index (χ4n) is 2.64. The lowest BCUT2D eigenvalue weighted by Crippen LogP contribution is -2.45. The van der Waals surface area contributed by atoms with Gasteiger partial charge in [-0.25, -0.2) is 4.98 Å². The molecular formula is C13H20ClN3O2S. The highest BCUT2D eigenvalue weighted by atomic mass is 35.5. The third-order valence-electron chi connectivity index (χ3n) is 3.47. The molecule has 1 aromatic heterocycles. The van der Waals surface area contributed by atoms with Crippen LogP contribution in [-0.2, 0) is 10.2 Å². The van der Waals surface area contributed by atoms with Gasteiger partial charge in [0.2, 0.25) is 0 Å². The van der Waals surface area contributed by atoms with Gasteiger partial charge in [0.05, 0.1) is 11.4 Å². The van der Waals surface area contributed by atoms with Crippen LogP contribution in [0.25, 0.3) is 0 Å². The molecule has 2 heterocycles. The van der Waals surface area contributed by atoms with Crippen molar-refractivity contribution >= 4 is 27.5 Å². The van der Waals surface area contributed by atoms with Gasteiger partial charge in [-0.05, 0) is 37.3 Å². The van der Waals surface area contributed by atoms with Gasteiger partial charge in [0.15, 0.2) is 0 Å². The van der Waals surface area contributed by atoms with Gasteiger partial charge < -0.3 is 0 Å². The highest BCUT2D eigenvalue weighted by molar-refractivity contribution is 7.90. The summed E-state index contributed by atoms with van der Waals surface area (Å²) in [5.41, 5.74) is 1.04. The minimum absolute atomic E-state index is 0.352. The second-order valence-electron chi connectivity index (χ2n) is 5.64. The quantitative estimate of drug-likeness (QED) is 0.872. The van der Waals surface area contributed by atoms with E-state index in [4.69, 9.17) is 11.6 Å². The first-order valence-corrected chi connectivity index (χ1v) is 8.51. The standard InChI is InChI=1S/C13H20ClN3O2S/c1-9-6-10(2)8-17(7-9)20(18,19)16-12-4-5-13(14)15-11(12)3/h4-5,9-10,16H,6-8H2,1-3H3. The Balaban J connectivity index is 2.18. The van der Waals surface area contributed by atoms with E-state index in [0.29, 0.717) is 41.5 Å². The number of hydrogen-bond donors (Lipinski definition) is 1. The maximum Gasteiger partial charge on any atom is 0.301 e. The molecule has 1 aliphatic heterocycles. The molecule has 2 atom stereocenters. The van der Waals surface area contributed by atoms with Gasteiger partial charge in [-0.1, -0.05) is 25.4 Å². The van der Waals surface area contributed by atoms with Crippen LogP contribution < -0.4 is 4.72 Å². The lowest BCUT2D eigenvalue weighted by atomic mass is 9.94. The lowest BCUT2D eigenvalue weighted by Gasteiger charge is -2.34. The molecule has 5 nitrogen and oxygen atoms in total. The van der Waals surface area contributed by atoms with E-state index in [-0.39, 0.29) is 0 Å². The predicted molar refractivity (Wildman–Crippen MR) is 81.0 cm³/mol. The summed E-state index contributed by atoms with van der Waals surface area (Å²) >= 11 is 5.78. The Morgan fingerprint density at radius 1 is 1.30 bits per heavy atom. The lowest BCUT2D eigenvalue weighted by molar-refractivity contribution is 0.223. The van der Waals surface area contributed by atoms with Crippen molar-refractivity contribution in [3.63, 3.8) is 0 Å². The van der Waals surface area contributed by atoms with Crippen LogP contribution in [0.2, 0.25) is 5.15 Å². The Morgan fingerprint density at radius 2 is 1.90 bits per heavy atom.